The molecule has 0 aliphatic heterocycles. The molecular formula is C13H14BrN3O2. The van der Waals surface area contributed by atoms with Gasteiger partial charge in [0.05, 0.1) is 0 Å². The molecule has 1 atom stereocenters. The lowest BCUT2D eigenvalue weighted by molar-refractivity contribution is 0.000916. The van der Waals surface area contributed by atoms with E-state index in [2.05, 4.69) is 31.1 Å². The van der Waals surface area contributed by atoms with Crippen LogP contribution >= 0.6 is 15.9 Å². The first-order valence-corrected chi connectivity index (χ1v) is 6.97. The van der Waals surface area contributed by atoms with Gasteiger partial charge in [0.25, 0.3) is 5.89 Å². The summed E-state index contributed by atoms with van der Waals surface area (Å²) in [7, 11) is 0. The van der Waals surface area contributed by atoms with E-state index in [0.717, 1.165) is 22.9 Å². The fourth-order valence-electron chi connectivity index (χ4n) is 2.12. The van der Waals surface area contributed by atoms with Crippen LogP contribution in [-0.2, 0) is 5.60 Å². The van der Waals surface area contributed by atoms with Crippen LogP contribution in [0.25, 0.3) is 11.5 Å². The van der Waals surface area contributed by atoms with Gasteiger partial charge in [0.15, 0.2) is 0 Å². The SMILES string of the molecule is Cc1cc(Br)cnc1-c1noc([C@@](C)(O)C2CC2)n1. The highest BCUT2D eigenvalue weighted by Crippen LogP contribution is 2.45. The number of hydrogen-bond acceptors (Lipinski definition) is 5. The molecule has 1 fully saturated rings. The molecule has 2 heterocycles. The largest absolute Gasteiger partial charge is 0.380 e. The normalized spacial score (nSPS) is 18.3. The van der Waals surface area contributed by atoms with Gasteiger partial charge in [-0.25, -0.2) is 0 Å². The van der Waals surface area contributed by atoms with Gasteiger partial charge in [-0.1, -0.05) is 5.16 Å². The molecule has 6 heteroatoms. The summed E-state index contributed by atoms with van der Waals surface area (Å²) < 4.78 is 6.11. The molecule has 0 bridgehead atoms. The third-order valence-corrected chi connectivity index (χ3v) is 3.92. The number of aryl methyl sites for hydroxylation is 1. The standard InChI is InChI=1S/C13H14BrN3O2/c1-7-5-9(14)6-15-10(7)11-16-12(19-17-11)13(2,18)8-3-4-8/h5-6,8,18H,3-4H2,1-2H3/t13-/m0/s1. The van der Waals surface area contributed by atoms with E-state index < -0.39 is 5.60 Å². The molecule has 0 aromatic carbocycles. The second kappa shape index (κ2) is 4.38. The Balaban J connectivity index is 1.96. The highest BCUT2D eigenvalue weighted by atomic mass is 79.9. The highest BCUT2D eigenvalue weighted by Gasteiger charge is 2.45. The molecule has 0 radical (unpaired) electrons. The van der Waals surface area contributed by atoms with Gasteiger partial charge in [-0.15, -0.1) is 0 Å². The third-order valence-electron chi connectivity index (χ3n) is 3.49. The summed E-state index contributed by atoms with van der Waals surface area (Å²) >= 11 is 3.37. The van der Waals surface area contributed by atoms with E-state index in [1.807, 2.05) is 13.0 Å². The molecule has 0 amide bonds. The topological polar surface area (TPSA) is 72.0 Å². The number of nitrogens with zero attached hydrogens (tertiary/aromatic N) is 3. The van der Waals surface area contributed by atoms with Crippen LogP contribution in [0.5, 0.6) is 0 Å². The summed E-state index contributed by atoms with van der Waals surface area (Å²) in [6.45, 7) is 3.66. The van der Waals surface area contributed by atoms with Crippen LogP contribution in [0.1, 0.15) is 31.2 Å². The number of aliphatic hydroxyl groups is 1. The van der Waals surface area contributed by atoms with E-state index in [9.17, 15) is 5.11 Å². The molecule has 1 saturated carbocycles. The first kappa shape index (κ1) is 12.7. The Labute approximate surface area is 119 Å². The molecule has 1 aliphatic rings. The molecule has 3 rings (SSSR count). The Bertz CT molecular complexity index is 620. The summed E-state index contributed by atoms with van der Waals surface area (Å²) in [5, 5.41) is 14.3. The van der Waals surface area contributed by atoms with E-state index in [4.69, 9.17) is 4.52 Å². The molecule has 2 aromatic rings. The van der Waals surface area contributed by atoms with Gasteiger partial charge in [0.1, 0.15) is 11.3 Å². The van der Waals surface area contributed by atoms with E-state index >= 15 is 0 Å². The van der Waals surface area contributed by atoms with Crippen LogP contribution in [0.4, 0.5) is 0 Å². The number of rotatable bonds is 3. The maximum Gasteiger partial charge on any atom is 0.258 e. The van der Waals surface area contributed by atoms with Crippen molar-refractivity contribution in [3.8, 4) is 11.5 Å². The van der Waals surface area contributed by atoms with E-state index in [1.165, 1.54) is 0 Å². The fourth-order valence-corrected chi connectivity index (χ4v) is 2.57. The Morgan fingerprint density at radius 1 is 1.47 bits per heavy atom. The maximum atomic E-state index is 10.4. The average molecular weight is 324 g/mol. The second-order valence-corrected chi connectivity index (χ2v) is 6.08. The van der Waals surface area contributed by atoms with Crippen molar-refractivity contribution in [2.24, 2.45) is 5.92 Å². The first-order chi connectivity index (χ1) is 8.98. The smallest absolute Gasteiger partial charge is 0.258 e. The monoisotopic (exact) mass is 323 g/mol. The van der Waals surface area contributed by atoms with Gasteiger partial charge in [-0.05, 0) is 60.2 Å². The third kappa shape index (κ3) is 2.30. The lowest BCUT2D eigenvalue weighted by Gasteiger charge is -2.16. The van der Waals surface area contributed by atoms with E-state index in [-0.39, 0.29) is 11.8 Å². The van der Waals surface area contributed by atoms with E-state index in [0.29, 0.717) is 11.5 Å². The molecule has 0 spiro atoms. The minimum absolute atomic E-state index is 0.222. The van der Waals surface area contributed by atoms with Crippen molar-refractivity contribution < 1.29 is 9.63 Å². The molecule has 0 unspecified atom stereocenters. The number of aromatic nitrogens is 3. The molecule has 1 N–H and O–H groups in total. The molecular weight excluding hydrogens is 310 g/mol. The Hall–Kier alpha value is -1.27. The van der Waals surface area contributed by atoms with Gasteiger partial charge in [0.2, 0.25) is 5.82 Å². The van der Waals surface area contributed by atoms with Gasteiger partial charge >= 0.3 is 0 Å². The average Bonchev–Trinajstić information content (AvgIpc) is 3.09. The summed E-state index contributed by atoms with van der Waals surface area (Å²) in [4.78, 5) is 8.59. The summed E-state index contributed by atoms with van der Waals surface area (Å²) in [6, 6.07) is 1.94. The van der Waals surface area contributed by atoms with Crippen LogP contribution in [0, 0.1) is 12.8 Å². The lowest BCUT2D eigenvalue weighted by atomic mass is 10.0. The van der Waals surface area contributed by atoms with Crippen molar-refractivity contribution in [1.29, 1.82) is 0 Å². The summed E-state index contributed by atoms with van der Waals surface area (Å²) in [6.07, 6.45) is 3.69. The maximum absolute atomic E-state index is 10.4. The molecule has 1 aliphatic carbocycles. The summed E-state index contributed by atoms with van der Waals surface area (Å²) in [5.74, 6) is 0.912. The number of halogens is 1. The first-order valence-electron chi connectivity index (χ1n) is 6.17. The van der Waals surface area contributed by atoms with Crippen molar-refractivity contribution in [3.05, 3.63) is 28.2 Å². The van der Waals surface area contributed by atoms with Crippen LogP contribution in [0.3, 0.4) is 0 Å². The predicted octanol–water partition coefficient (Wildman–Crippen LogP) is 2.82. The van der Waals surface area contributed by atoms with Crippen LogP contribution < -0.4 is 0 Å². The van der Waals surface area contributed by atoms with Crippen LogP contribution in [0.15, 0.2) is 21.3 Å². The highest BCUT2D eigenvalue weighted by molar-refractivity contribution is 9.10. The molecule has 2 aromatic heterocycles. The summed E-state index contributed by atoms with van der Waals surface area (Å²) in [5.41, 5.74) is 0.590. The van der Waals surface area contributed by atoms with E-state index in [1.54, 1.807) is 13.1 Å². The van der Waals surface area contributed by atoms with Gasteiger partial charge in [0, 0.05) is 10.7 Å². The minimum atomic E-state index is -1.03. The molecule has 100 valence electrons. The van der Waals surface area contributed by atoms with Crippen LogP contribution in [-0.4, -0.2) is 20.2 Å². The molecule has 19 heavy (non-hydrogen) atoms. The Morgan fingerprint density at radius 2 is 2.21 bits per heavy atom. The number of hydrogen-bond donors (Lipinski definition) is 1. The fraction of sp³-hybridized carbons (Fsp3) is 0.462. The van der Waals surface area contributed by atoms with Gasteiger partial charge < -0.3 is 9.63 Å². The van der Waals surface area contributed by atoms with Crippen molar-refractivity contribution in [2.45, 2.75) is 32.3 Å². The zero-order valence-electron chi connectivity index (χ0n) is 10.7. The van der Waals surface area contributed by atoms with Gasteiger partial charge in [-0.2, -0.15) is 4.98 Å². The lowest BCUT2D eigenvalue weighted by Crippen LogP contribution is -2.24. The molecule has 0 saturated heterocycles. The second-order valence-electron chi connectivity index (χ2n) is 5.16. The van der Waals surface area contributed by atoms with Crippen molar-refractivity contribution in [3.63, 3.8) is 0 Å². The molecule has 5 nitrogen and oxygen atoms in total. The van der Waals surface area contributed by atoms with Crippen LogP contribution in [0.2, 0.25) is 0 Å². The Morgan fingerprint density at radius 3 is 2.84 bits per heavy atom. The zero-order valence-corrected chi connectivity index (χ0v) is 12.3. The van der Waals surface area contributed by atoms with Crippen molar-refractivity contribution in [2.75, 3.05) is 0 Å². The quantitative estimate of drug-likeness (QED) is 0.940. The number of pyridine rings is 1. The predicted molar refractivity (Wildman–Crippen MR) is 72.3 cm³/mol. The van der Waals surface area contributed by atoms with Crippen molar-refractivity contribution >= 4 is 15.9 Å². The Kier molecular flexibility index (Phi) is 2.94. The van der Waals surface area contributed by atoms with Gasteiger partial charge in [-0.3, -0.25) is 4.98 Å². The minimum Gasteiger partial charge on any atom is -0.380 e. The zero-order chi connectivity index (χ0) is 13.6. The van der Waals surface area contributed by atoms with Crippen molar-refractivity contribution in [1.82, 2.24) is 15.1 Å².